The first-order chi connectivity index (χ1) is 12.7. The van der Waals surface area contributed by atoms with Gasteiger partial charge in [0.25, 0.3) is 0 Å². The van der Waals surface area contributed by atoms with Crippen LogP contribution in [0.1, 0.15) is 38.4 Å². The van der Waals surface area contributed by atoms with Crippen LogP contribution in [0.2, 0.25) is 5.02 Å². The second kappa shape index (κ2) is 9.67. The number of hydrogen-bond donors (Lipinski definition) is 2. The zero-order chi connectivity index (χ0) is 20.0. The molecular formula is C20H26ClN3O3. The van der Waals surface area contributed by atoms with Gasteiger partial charge in [0.15, 0.2) is 0 Å². The molecule has 0 amide bonds. The minimum Gasteiger partial charge on any atom is -0.480 e. The minimum atomic E-state index is -0.989. The highest BCUT2D eigenvalue weighted by Gasteiger charge is 2.25. The van der Waals surface area contributed by atoms with E-state index >= 15 is 0 Å². The summed E-state index contributed by atoms with van der Waals surface area (Å²) >= 11 is 5.90. The van der Waals surface area contributed by atoms with E-state index in [2.05, 4.69) is 10.3 Å². The Hall–Kier alpha value is -2.18. The SMILES string of the molecule is CC(=O)C(CC(C)C)N[C@@H](Cc1cn(Cc2ccc(Cl)cc2)cn1)C(=O)O. The molecule has 6 nitrogen and oxygen atoms in total. The first-order valence-electron chi connectivity index (χ1n) is 8.99. The fourth-order valence-corrected chi connectivity index (χ4v) is 3.02. The highest BCUT2D eigenvalue weighted by atomic mass is 35.5. The van der Waals surface area contributed by atoms with Crippen LogP contribution in [-0.4, -0.2) is 38.5 Å². The lowest BCUT2D eigenvalue weighted by Gasteiger charge is -2.22. The Morgan fingerprint density at radius 1 is 1.22 bits per heavy atom. The van der Waals surface area contributed by atoms with E-state index in [1.807, 2.05) is 48.9 Å². The first-order valence-corrected chi connectivity index (χ1v) is 9.36. The van der Waals surface area contributed by atoms with Gasteiger partial charge >= 0.3 is 5.97 Å². The minimum absolute atomic E-state index is 0.0526. The molecule has 2 N–H and O–H groups in total. The Morgan fingerprint density at radius 2 is 1.89 bits per heavy atom. The van der Waals surface area contributed by atoms with E-state index in [1.54, 1.807) is 6.33 Å². The quantitative estimate of drug-likeness (QED) is 0.649. The van der Waals surface area contributed by atoms with Crippen molar-refractivity contribution in [2.45, 2.75) is 52.2 Å². The molecule has 2 rings (SSSR count). The number of carbonyl (C=O) groups is 2. The van der Waals surface area contributed by atoms with Crippen molar-refractivity contribution in [2.75, 3.05) is 0 Å². The number of nitrogens with zero attached hydrogens (tertiary/aromatic N) is 2. The summed E-state index contributed by atoms with van der Waals surface area (Å²) in [5, 5.41) is 13.2. The Balaban J connectivity index is 2.03. The number of nitrogens with one attached hydrogen (secondary N) is 1. The van der Waals surface area contributed by atoms with Gasteiger partial charge in [-0.3, -0.25) is 14.9 Å². The van der Waals surface area contributed by atoms with Crippen molar-refractivity contribution in [1.82, 2.24) is 14.9 Å². The van der Waals surface area contributed by atoms with Crippen molar-refractivity contribution in [1.29, 1.82) is 0 Å². The van der Waals surface area contributed by atoms with Gasteiger partial charge < -0.3 is 9.67 Å². The molecule has 0 aliphatic carbocycles. The van der Waals surface area contributed by atoms with E-state index in [0.717, 1.165) is 5.56 Å². The zero-order valence-corrected chi connectivity index (χ0v) is 16.6. The largest absolute Gasteiger partial charge is 0.480 e. The number of Topliss-reactive ketones (excluding diaryl/α,β-unsaturated/α-hetero) is 1. The highest BCUT2D eigenvalue weighted by molar-refractivity contribution is 6.30. The number of ketones is 1. The lowest BCUT2D eigenvalue weighted by atomic mass is 9.99. The standard InChI is InChI=1S/C20H26ClN3O3/c1-13(2)8-18(14(3)25)23-19(20(26)27)9-17-11-24(12-22-17)10-15-4-6-16(21)7-5-15/h4-7,11-13,18-19,23H,8-10H2,1-3H3,(H,26,27)/t18?,19-/m0/s1. The van der Waals surface area contributed by atoms with Gasteiger partial charge in [-0.25, -0.2) is 4.98 Å². The number of aromatic nitrogens is 2. The van der Waals surface area contributed by atoms with Crippen molar-refractivity contribution in [3.05, 3.63) is 53.1 Å². The molecule has 27 heavy (non-hydrogen) atoms. The fraction of sp³-hybridized carbons (Fsp3) is 0.450. The van der Waals surface area contributed by atoms with E-state index in [9.17, 15) is 14.7 Å². The second-order valence-corrected chi connectivity index (χ2v) is 7.65. The Labute approximate surface area is 164 Å². The van der Waals surface area contributed by atoms with Crippen LogP contribution in [0.25, 0.3) is 0 Å². The Morgan fingerprint density at radius 3 is 2.44 bits per heavy atom. The van der Waals surface area contributed by atoms with Gasteiger partial charge in [0.2, 0.25) is 0 Å². The van der Waals surface area contributed by atoms with Crippen LogP contribution in [0.5, 0.6) is 0 Å². The monoisotopic (exact) mass is 391 g/mol. The van der Waals surface area contributed by atoms with Gasteiger partial charge in [0.05, 0.1) is 18.1 Å². The summed E-state index contributed by atoms with van der Waals surface area (Å²) in [5.41, 5.74) is 1.74. The molecule has 1 heterocycles. The molecular weight excluding hydrogens is 366 g/mol. The van der Waals surface area contributed by atoms with E-state index in [4.69, 9.17) is 11.6 Å². The predicted octanol–water partition coefficient (Wildman–Crippen LogP) is 3.17. The molecule has 0 aliphatic rings. The normalized spacial score (nSPS) is 13.5. The molecule has 1 unspecified atom stereocenters. The van der Waals surface area contributed by atoms with Gasteiger partial charge in [0.1, 0.15) is 11.8 Å². The fourth-order valence-electron chi connectivity index (χ4n) is 2.89. The number of carboxylic acids is 1. The number of carbonyl (C=O) groups excluding carboxylic acids is 1. The molecule has 0 saturated heterocycles. The van der Waals surface area contributed by atoms with Gasteiger partial charge in [0, 0.05) is 24.2 Å². The Kier molecular flexibility index (Phi) is 7.56. The number of rotatable bonds is 10. The summed E-state index contributed by atoms with van der Waals surface area (Å²) in [4.78, 5) is 27.8. The number of halogens is 1. The van der Waals surface area contributed by atoms with Gasteiger partial charge in [-0.2, -0.15) is 0 Å². The predicted molar refractivity (Wildman–Crippen MR) is 105 cm³/mol. The van der Waals surface area contributed by atoms with Crippen LogP contribution < -0.4 is 5.32 Å². The van der Waals surface area contributed by atoms with Crippen molar-refractivity contribution < 1.29 is 14.7 Å². The van der Waals surface area contributed by atoms with Crippen molar-refractivity contribution in [3.63, 3.8) is 0 Å². The topological polar surface area (TPSA) is 84.2 Å². The molecule has 0 spiro atoms. The number of hydrogen-bond acceptors (Lipinski definition) is 4. The van der Waals surface area contributed by atoms with Crippen molar-refractivity contribution in [3.8, 4) is 0 Å². The number of benzene rings is 1. The van der Waals surface area contributed by atoms with Gasteiger partial charge in [-0.1, -0.05) is 37.6 Å². The highest BCUT2D eigenvalue weighted by Crippen LogP contribution is 2.12. The van der Waals surface area contributed by atoms with Crippen LogP contribution in [0.4, 0.5) is 0 Å². The summed E-state index contributed by atoms with van der Waals surface area (Å²) in [6.07, 6.45) is 4.33. The third kappa shape index (κ3) is 6.81. The van der Waals surface area contributed by atoms with E-state index in [1.165, 1.54) is 6.92 Å². The maximum Gasteiger partial charge on any atom is 0.321 e. The summed E-state index contributed by atoms with van der Waals surface area (Å²) < 4.78 is 1.90. The number of carboxylic acid groups (broad SMARTS) is 1. The second-order valence-electron chi connectivity index (χ2n) is 7.22. The maximum atomic E-state index is 11.8. The summed E-state index contributed by atoms with van der Waals surface area (Å²) in [7, 11) is 0. The molecule has 7 heteroatoms. The molecule has 1 aromatic heterocycles. The zero-order valence-electron chi connectivity index (χ0n) is 15.9. The number of imidazole rings is 1. The molecule has 2 atom stereocenters. The smallest absolute Gasteiger partial charge is 0.321 e. The molecule has 0 aliphatic heterocycles. The third-order valence-electron chi connectivity index (χ3n) is 4.28. The van der Waals surface area contributed by atoms with Crippen molar-refractivity contribution in [2.24, 2.45) is 5.92 Å². The Bertz CT molecular complexity index is 771. The van der Waals surface area contributed by atoms with Gasteiger partial charge in [-0.05, 0) is 37.0 Å². The van der Waals surface area contributed by atoms with Crippen molar-refractivity contribution >= 4 is 23.4 Å². The summed E-state index contributed by atoms with van der Waals surface area (Å²) in [5.74, 6) is -0.750. The summed E-state index contributed by atoms with van der Waals surface area (Å²) in [6.45, 7) is 6.12. The molecule has 0 radical (unpaired) electrons. The maximum absolute atomic E-state index is 11.8. The van der Waals surface area contributed by atoms with Crippen LogP contribution in [0.3, 0.4) is 0 Å². The van der Waals surface area contributed by atoms with Crippen LogP contribution in [0, 0.1) is 5.92 Å². The molecule has 0 fully saturated rings. The van der Waals surface area contributed by atoms with E-state index < -0.39 is 18.1 Å². The van der Waals surface area contributed by atoms with Gasteiger partial charge in [-0.15, -0.1) is 0 Å². The summed E-state index contributed by atoms with van der Waals surface area (Å²) in [6, 6.07) is 6.20. The average molecular weight is 392 g/mol. The van der Waals surface area contributed by atoms with Crippen LogP contribution in [0.15, 0.2) is 36.8 Å². The third-order valence-corrected chi connectivity index (χ3v) is 4.53. The molecule has 1 aromatic carbocycles. The lowest BCUT2D eigenvalue weighted by molar-refractivity contribution is -0.139. The first kappa shape index (κ1) is 21.1. The molecule has 2 aromatic rings. The van der Waals surface area contributed by atoms with E-state index in [-0.39, 0.29) is 12.2 Å². The van der Waals surface area contributed by atoms with E-state index in [0.29, 0.717) is 29.6 Å². The molecule has 146 valence electrons. The average Bonchev–Trinajstić information content (AvgIpc) is 3.02. The molecule has 0 saturated carbocycles. The van der Waals surface area contributed by atoms with Crippen LogP contribution in [-0.2, 0) is 22.6 Å². The lowest BCUT2D eigenvalue weighted by Crippen LogP contribution is -2.48. The van der Waals surface area contributed by atoms with Crippen LogP contribution >= 0.6 is 11.6 Å². The molecule has 0 bridgehead atoms. The number of aliphatic carboxylic acids is 1.